The van der Waals surface area contributed by atoms with Crippen molar-refractivity contribution in [3.8, 4) is 0 Å². The molecule has 0 saturated heterocycles. The molecule has 1 nitrogen and oxygen atoms in total. The van der Waals surface area contributed by atoms with Crippen molar-refractivity contribution in [2.75, 3.05) is 0 Å². The molecule has 0 aromatic carbocycles. The van der Waals surface area contributed by atoms with Crippen molar-refractivity contribution in [1.29, 1.82) is 0 Å². The van der Waals surface area contributed by atoms with Gasteiger partial charge in [0.1, 0.15) is 0 Å². The van der Waals surface area contributed by atoms with Gasteiger partial charge in [0.2, 0.25) is 0 Å². The van der Waals surface area contributed by atoms with E-state index in [0.29, 0.717) is 16.6 Å². The van der Waals surface area contributed by atoms with Crippen LogP contribution in [0.25, 0.3) is 0 Å². The van der Waals surface area contributed by atoms with Gasteiger partial charge in [-0.05, 0) is 85.5 Å². The van der Waals surface area contributed by atoms with Crippen LogP contribution in [0.15, 0.2) is 11.6 Å². The van der Waals surface area contributed by atoms with Crippen LogP contribution in [0, 0.1) is 34.5 Å². The molecule has 0 N–H and O–H groups in total. The third kappa shape index (κ3) is 1.86. The number of ketones is 1. The summed E-state index contributed by atoms with van der Waals surface area (Å²) in [6.07, 6.45) is 13.7. The van der Waals surface area contributed by atoms with Gasteiger partial charge < -0.3 is 0 Å². The zero-order valence-corrected chi connectivity index (χ0v) is 14.7. The van der Waals surface area contributed by atoms with Crippen LogP contribution in [0.5, 0.6) is 0 Å². The van der Waals surface area contributed by atoms with Crippen molar-refractivity contribution < 1.29 is 4.79 Å². The molecule has 0 heterocycles. The third-order valence-electron chi connectivity index (χ3n) is 8.65. The van der Waals surface area contributed by atoms with E-state index < -0.39 is 0 Å². The van der Waals surface area contributed by atoms with Crippen molar-refractivity contribution in [2.45, 2.75) is 78.6 Å². The first-order valence-electron chi connectivity index (χ1n) is 9.73. The van der Waals surface area contributed by atoms with E-state index in [9.17, 15) is 4.79 Å². The highest BCUT2D eigenvalue weighted by molar-refractivity contribution is 5.91. The molecule has 4 rings (SSSR count). The summed E-state index contributed by atoms with van der Waals surface area (Å²) in [6.45, 7) is 7.52. The van der Waals surface area contributed by atoms with E-state index in [1.807, 2.05) is 6.08 Å². The molecule has 122 valence electrons. The van der Waals surface area contributed by atoms with Crippen molar-refractivity contribution in [2.24, 2.45) is 34.5 Å². The van der Waals surface area contributed by atoms with E-state index in [-0.39, 0.29) is 0 Å². The van der Waals surface area contributed by atoms with Crippen molar-refractivity contribution in [3.05, 3.63) is 11.6 Å². The minimum atomic E-state index is 0.350. The van der Waals surface area contributed by atoms with Crippen LogP contribution in [0.4, 0.5) is 0 Å². The van der Waals surface area contributed by atoms with Gasteiger partial charge in [0, 0.05) is 6.42 Å². The van der Waals surface area contributed by atoms with Gasteiger partial charge in [-0.15, -0.1) is 0 Å². The zero-order valence-electron chi connectivity index (χ0n) is 14.7. The fourth-order valence-electron chi connectivity index (χ4n) is 7.34. The molecule has 0 spiro atoms. The van der Waals surface area contributed by atoms with E-state index in [1.54, 1.807) is 0 Å². The quantitative estimate of drug-likeness (QED) is 0.621. The Morgan fingerprint density at radius 2 is 1.86 bits per heavy atom. The fraction of sp³-hybridized carbons (Fsp3) is 0.857. The van der Waals surface area contributed by atoms with E-state index >= 15 is 0 Å². The summed E-state index contributed by atoms with van der Waals surface area (Å²) >= 11 is 0. The molecule has 0 aliphatic heterocycles. The molecule has 0 aromatic rings. The largest absolute Gasteiger partial charge is 0.295 e. The van der Waals surface area contributed by atoms with Crippen LogP contribution in [0.1, 0.15) is 78.6 Å². The monoisotopic (exact) mass is 300 g/mol. The van der Waals surface area contributed by atoms with Gasteiger partial charge >= 0.3 is 0 Å². The normalized spacial score (nSPS) is 50.9. The van der Waals surface area contributed by atoms with Crippen molar-refractivity contribution in [1.82, 2.24) is 0 Å². The highest BCUT2D eigenvalue weighted by Crippen LogP contribution is 2.66. The van der Waals surface area contributed by atoms with Crippen LogP contribution in [-0.2, 0) is 4.79 Å². The average molecular weight is 300 g/mol. The van der Waals surface area contributed by atoms with Crippen LogP contribution >= 0.6 is 0 Å². The number of fused-ring (bicyclic) bond motifs is 5. The second-order valence-electron chi connectivity index (χ2n) is 9.20. The van der Waals surface area contributed by atoms with E-state index in [4.69, 9.17) is 0 Å². The van der Waals surface area contributed by atoms with Crippen LogP contribution in [0.3, 0.4) is 0 Å². The first-order valence-corrected chi connectivity index (χ1v) is 9.73. The number of hydrogen-bond acceptors (Lipinski definition) is 1. The lowest BCUT2D eigenvalue weighted by molar-refractivity contribution is -0.117. The van der Waals surface area contributed by atoms with Gasteiger partial charge in [-0.25, -0.2) is 0 Å². The Morgan fingerprint density at radius 1 is 1.05 bits per heavy atom. The maximum absolute atomic E-state index is 11.9. The van der Waals surface area contributed by atoms with E-state index in [0.717, 1.165) is 36.5 Å². The summed E-state index contributed by atoms with van der Waals surface area (Å²) in [4.78, 5) is 11.9. The Morgan fingerprint density at radius 3 is 2.64 bits per heavy atom. The van der Waals surface area contributed by atoms with Gasteiger partial charge in [-0.3, -0.25) is 4.79 Å². The van der Waals surface area contributed by atoms with Gasteiger partial charge in [-0.2, -0.15) is 0 Å². The standard InChI is InChI=1S/C21H32O/c1-4-14-6-8-18-17-7-5-15-13-16(22)9-11-21(15,3)19(17)10-12-20(14,18)2/h13-14,17-19H,4-12H2,1-3H3/t14-,17?,18?,19?,20?,21-/m0/s1. The number of carbonyl (C=O) groups excluding carboxylic acids is 1. The molecular formula is C21H32O. The van der Waals surface area contributed by atoms with Gasteiger partial charge in [0.05, 0.1) is 0 Å². The molecule has 0 bridgehead atoms. The molecule has 4 aliphatic carbocycles. The van der Waals surface area contributed by atoms with Crippen molar-refractivity contribution in [3.63, 3.8) is 0 Å². The SMILES string of the molecule is CC[C@H]1CCC2C3CCC4=CC(=O)CC[C@]4(C)C3CCC21C. The van der Waals surface area contributed by atoms with Crippen LogP contribution in [0.2, 0.25) is 0 Å². The van der Waals surface area contributed by atoms with Gasteiger partial charge in [0.15, 0.2) is 5.78 Å². The second kappa shape index (κ2) is 4.95. The first kappa shape index (κ1) is 15.0. The maximum atomic E-state index is 11.9. The summed E-state index contributed by atoms with van der Waals surface area (Å²) in [5.41, 5.74) is 2.49. The number of allylic oxidation sites excluding steroid dienone is 1. The summed E-state index contributed by atoms with van der Waals surface area (Å²) in [5.74, 6) is 4.11. The van der Waals surface area contributed by atoms with E-state index in [2.05, 4.69) is 20.8 Å². The van der Waals surface area contributed by atoms with Gasteiger partial charge in [-0.1, -0.05) is 32.8 Å². The molecule has 4 aliphatic rings. The molecule has 0 amide bonds. The smallest absolute Gasteiger partial charge is 0.155 e. The van der Waals surface area contributed by atoms with E-state index in [1.165, 1.54) is 50.5 Å². The topological polar surface area (TPSA) is 17.1 Å². The summed E-state index contributed by atoms with van der Waals surface area (Å²) in [7, 11) is 0. The highest BCUT2D eigenvalue weighted by Gasteiger charge is 2.58. The molecule has 0 radical (unpaired) electrons. The Bertz CT molecular complexity index is 518. The molecule has 6 atom stereocenters. The number of carbonyl (C=O) groups is 1. The number of rotatable bonds is 1. The Kier molecular flexibility index (Phi) is 3.37. The zero-order chi connectivity index (χ0) is 15.5. The lowest BCUT2D eigenvalue weighted by atomic mass is 9.47. The highest BCUT2D eigenvalue weighted by atomic mass is 16.1. The lowest BCUT2D eigenvalue weighted by Crippen LogP contribution is -2.50. The summed E-state index contributed by atoms with van der Waals surface area (Å²) < 4.78 is 0. The second-order valence-corrected chi connectivity index (χ2v) is 9.20. The number of hydrogen-bond donors (Lipinski definition) is 0. The molecule has 3 saturated carbocycles. The Labute approximate surface area is 135 Å². The molecular weight excluding hydrogens is 268 g/mol. The summed E-state index contributed by atoms with van der Waals surface area (Å²) in [6, 6.07) is 0. The van der Waals surface area contributed by atoms with Gasteiger partial charge in [0.25, 0.3) is 0 Å². The molecule has 4 unspecified atom stereocenters. The Balaban J connectivity index is 1.67. The fourth-order valence-corrected chi connectivity index (χ4v) is 7.34. The van der Waals surface area contributed by atoms with Crippen molar-refractivity contribution >= 4 is 5.78 Å². The summed E-state index contributed by atoms with van der Waals surface area (Å²) in [5, 5.41) is 0. The van der Waals surface area contributed by atoms with Crippen LogP contribution in [-0.4, -0.2) is 5.78 Å². The van der Waals surface area contributed by atoms with Crippen LogP contribution < -0.4 is 0 Å². The maximum Gasteiger partial charge on any atom is 0.155 e. The average Bonchev–Trinajstić information content (AvgIpc) is 2.84. The predicted molar refractivity (Wildman–Crippen MR) is 90.5 cm³/mol. The molecule has 3 fully saturated rings. The Hall–Kier alpha value is -0.590. The lowest BCUT2D eigenvalue weighted by Gasteiger charge is -2.58. The minimum absolute atomic E-state index is 0.350. The third-order valence-corrected chi connectivity index (χ3v) is 8.65. The minimum Gasteiger partial charge on any atom is -0.295 e. The molecule has 1 heteroatoms. The molecule has 0 aromatic heterocycles. The first-order chi connectivity index (χ1) is 10.5. The molecule has 22 heavy (non-hydrogen) atoms. The predicted octanol–water partition coefficient (Wildman–Crippen LogP) is 5.54.